The summed E-state index contributed by atoms with van der Waals surface area (Å²) in [6.45, 7) is 0. The Bertz CT molecular complexity index is 239. The van der Waals surface area contributed by atoms with Crippen molar-refractivity contribution in [2.75, 3.05) is 11.5 Å². The lowest BCUT2D eigenvalue weighted by Gasteiger charge is -2.03. The number of nitrogen functional groups attached to an aromatic ring is 2. The number of anilines is 2. The Morgan fingerprint density at radius 2 is 1.90 bits per heavy atom. The molecular weight excluding hydrogens is 146 g/mol. The molecule has 0 spiro atoms. The van der Waals surface area contributed by atoms with Crippen LogP contribution in [0.2, 0.25) is 5.02 Å². The molecule has 0 aliphatic heterocycles. The van der Waals surface area contributed by atoms with Gasteiger partial charge >= 0.3 is 0 Å². The molecule has 0 aliphatic rings. The predicted octanol–water partition coefficient (Wildman–Crippen LogP) is -0.237. The molecule has 4 N–H and O–H groups in total. The smallest absolute Gasteiger partial charge is 0.142 e. The van der Waals surface area contributed by atoms with E-state index in [-0.39, 0.29) is 0 Å². The standard InChI is InChI=1S/C6H8BClN2/c7-4-1-3(8)2-5(9)6(4)10/h1-2H,7,9-10H2. The molecule has 0 radical (unpaired) electrons. The molecule has 0 aromatic heterocycles. The van der Waals surface area contributed by atoms with Gasteiger partial charge in [-0.05, 0) is 12.1 Å². The number of rotatable bonds is 0. The molecule has 0 atom stereocenters. The zero-order valence-corrected chi connectivity index (χ0v) is 6.44. The normalized spacial score (nSPS) is 9.70. The number of hydrogen-bond acceptors (Lipinski definition) is 2. The Balaban J connectivity index is 3.31. The molecule has 0 fully saturated rings. The van der Waals surface area contributed by atoms with Gasteiger partial charge in [-0.3, -0.25) is 0 Å². The van der Waals surface area contributed by atoms with Crippen molar-refractivity contribution in [2.24, 2.45) is 0 Å². The minimum atomic E-state index is 0.546. The van der Waals surface area contributed by atoms with Crippen LogP contribution in [0, 0.1) is 0 Å². The van der Waals surface area contributed by atoms with Crippen molar-refractivity contribution in [3.05, 3.63) is 17.2 Å². The van der Waals surface area contributed by atoms with E-state index in [0.717, 1.165) is 5.46 Å². The van der Waals surface area contributed by atoms with Gasteiger partial charge in [-0.15, -0.1) is 0 Å². The second-order valence-electron chi connectivity index (χ2n) is 2.23. The molecular formula is C6H8BClN2. The van der Waals surface area contributed by atoms with Crippen LogP contribution < -0.4 is 16.9 Å². The van der Waals surface area contributed by atoms with Crippen LogP contribution in [0.5, 0.6) is 0 Å². The predicted molar refractivity (Wildman–Crippen MR) is 48.5 cm³/mol. The van der Waals surface area contributed by atoms with Crippen LogP contribution in [0.4, 0.5) is 11.4 Å². The van der Waals surface area contributed by atoms with Crippen LogP contribution >= 0.6 is 11.6 Å². The first-order valence-electron chi connectivity index (χ1n) is 2.92. The van der Waals surface area contributed by atoms with Crippen LogP contribution in [-0.4, -0.2) is 7.85 Å². The molecule has 1 rings (SSSR count). The van der Waals surface area contributed by atoms with E-state index in [1.54, 1.807) is 12.1 Å². The SMILES string of the molecule is Bc1cc(Cl)cc(N)c1N. The third kappa shape index (κ3) is 1.19. The summed E-state index contributed by atoms with van der Waals surface area (Å²) in [5, 5.41) is 0.629. The van der Waals surface area contributed by atoms with E-state index in [2.05, 4.69) is 0 Å². The lowest BCUT2D eigenvalue weighted by atomic mass is 9.94. The maximum absolute atomic E-state index is 5.69. The molecule has 1 aromatic rings. The average molecular weight is 154 g/mol. The minimum Gasteiger partial charge on any atom is -0.398 e. The van der Waals surface area contributed by atoms with Gasteiger partial charge < -0.3 is 11.5 Å². The quantitative estimate of drug-likeness (QED) is 0.400. The molecule has 4 heteroatoms. The van der Waals surface area contributed by atoms with Crippen molar-refractivity contribution >= 4 is 36.3 Å². The van der Waals surface area contributed by atoms with Crippen molar-refractivity contribution in [1.82, 2.24) is 0 Å². The molecule has 10 heavy (non-hydrogen) atoms. The second-order valence-corrected chi connectivity index (χ2v) is 2.66. The maximum Gasteiger partial charge on any atom is 0.142 e. The molecule has 0 heterocycles. The van der Waals surface area contributed by atoms with Gasteiger partial charge in [0.2, 0.25) is 0 Å². The average Bonchev–Trinajstić information content (AvgIpc) is 1.82. The van der Waals surface area contributed by atoms with E-state index in [1.165, 1.54) is 0 Å². The van der Waals surface area contributed by atoms with E-state index in [0.29, 0.717) is 16.4 Å². The van der Waals surface area contributed by atoms with Crippen LogP contribution in [0.25, 0.3) is 0 Å². The summed E-state index contributed by atoms with van der Waals surface area (Å²) in [6, 6.07) is 3.43. The fraction of sp³-hybridized carbons (Fsp3) is 0. The fourth-order valence-corrected chi connectivity index (χ4v) is 1.06. The van der Waals surface area contributed by atoms with Gasteiger partial charge in [-0.25, -0.2) is 0 Å². The first-order chi connectivity index (χ1) is 4.61. The zero-order valence-electron chi connectivity index (χ0n) is 5.69. The van der Waals surface area contributed by atoms with Gasteiger partial charge in [-0.1, -0.05) is 17.1 Å². The molecule has 0 unspecified atom stereocenters. The van der Waals surface area contributed by atoms with Crippen LogP contribution in [0.1, 0.15) is 0 Å². The highest BCUT2D eigenvalue weighted by Gasteiger charge is 1.98. The maximum atomic E-state index is 5.69. The monoisotopic (exact) mass is 154 g/mol. The van der Waals surface area contributed by atoms with Gasteiger partial charge in [0.05, 0.1) is 5.69 Å². The molecule has 0 bridgehead atoms. The third-order valence-corrected chi connectivity index (χ3v) is 1.60. The highest BCUT2D eigenvalue weighted by molar-refractivity contribution is 6.39. The van der Waals surface area contributed by atoms with Crippen LogP contribution in [-0.2, 0) is 0 Å². The summed E-state index contributed by atoms with van der Waals surface area (Å²) < 4.78 is 0. The Hall–Kier alpha value is -0.825. The van der Waals surface area contributed by atoms with Crippen molar-refractivity contribution in [3.8, 4) is 0 Å². The van der Waals surface area contributed by atoms with Gasteiger partial charge in [0.1, 0.15) is 7.85 Å². The number of halogens is 1. The number of hydrogen-bond donors (Lipinski definition) is 2. The molecule has 52 valence electrons. The van der Waals surface area contributed by atoms with Crippen LogP contribution in [0.3, 0.4) is 0 Å². The molecule has 0 saturated heterocycles. The van der Waals surface area contributed by atoms with E-state index >= 15 is 0 Å². The second kappa shape index (κ2) is 2.42. The zero-order chi connectivity index (χ0) is 7.72. The fourth-order valence-electron chi connectivity index (χ4n) is 0.780. The first kappa shape index (κ1) is 7.28. The van der Waals surface area contributed by atoms with Crippen LogP contribution in [0.15, 0.2) is 12.1 Å². The summed E-state index contributed by atoms with van der Waals surface area (Å²) in [7, 11) is 1.87. The van der Waals surface area contributed by atoms with E-state index in [1.807, 2.05) is 7.85 Å². The highest BCUT2D eigenvalue weighted by Crippen LogP contribution is 2.16. The van der Waals surface area contributed by atoms with Gasteiger partial charge in [0.25, 0.3) is 0 Å². The van der Waals surface area contributed by atoms with Gasteiger partial charge in [0.15, 0.2) is 0 Å². The number of nitrogens with two attached hydrogens (primary N) is 2. The van der Waals surface area contributed by atoms with Gasteiger partial charge in [0, 0.05) is 10.7 Å². The molecule has 0 aliphatic carbocycles. The summed E-state index contributed by atoms with van der Waals surface area (Å²) in [5.74, 6) is 0. The minimum absolute atomic E-state index is 0.546. The lowest BCUT2D eigenvalue weighted by molar-refractivity contribution is 1.70. The van der Waals surface area contributed by atoms with Crippen molar-refractivity contribution in [1.29, 1.82) is 0 Å². The third-order valence-electron chi connectivity index (χ3n) is 1.38. The molecule has 1 aromatic carbocycles. The molecule has 2 nitrogen and oxygen atoms in total. The highest BCUT2D eigenvalue weighted by atomic mass is 35.5. The number of benzene rings is 1. The van der Waals surface area contributed by atoms with Crippen molar-refractivity contribution in [3.63, 3.8) is 0 Å². The largest absolute Gasteiger partial charge is 0.398 e. The summed E-state index contributed by atoms with van der Waals surface area (Å²) in [6.07, 6.45) is 0. The molecule has 0 saturated carbocycles. The first-order valence-corrected chi connectivity index (χ1v) is 3.30. The topological polar surface area (TPSA) is 52.0 Å². The van der Waals surface area contributed by atoms with E-state index in [9.17, 15) is 0 Å². The van der Waals surface area contributed by atoms with E-state index in [4.69, 9.17) is 23.1 Å². The van der Waals surface area contributed by atoms with Crippen molar-refractivity contribution < 1.29 is 0 Å². The van der Waals surface area contributed by atoms with Gasteiger partial charge in [-0.2, -0.15) is 0 Å². The summed E-state index contributed by atoms with van der Waals surface area (Å²) >= 11 is 5.69. The summed E-state index contributed by atoms with van der Waals surface area (Å²) in [4.78, 5) is 0. The Kier molecular flexibility index (Phi) is 1.77. The Morgan fingerprint density at radius 3 is 2.40 bits per heavy atom. The Morgan fingerprint density at radius 1 is 1.30 bits per heavy atom. The Labute approximate surface area is 65.6 Å². The summed E-state index contributed by atoms with van der Waals surface area (Å²) in [5.41, 5.74) is 13.2. The van der Waals surface area contributed by atoms with Crippen molar-refractivity contribution in [2.45, 2.75) is 0 Å². The lowest BCUT2D eigenvalue weighted by Crippen LogP contribution is -2.11. The van der Waals surface area contributed by atoms with E-state index < -0.39 is 0 Å². The molecule has 0 amide bonds.